The van der Waals surface area contributed by atoms with Crippen LogP contribution in [0, 0.1) is 0 Å². The Morgan fingerprint density at radius 3 is 2.71 bits per heavy atom. The van der Waals surface area contributed by atoms with Gasteiger partial charge in [-0.3, -0.25) is 4.90 Å². The molecule has 0 aromatic rings. The first kappa shape index (κ1) is 15.3. The predicted octanol–water partition coefficient (Wildman–Crippen LogP) is 2.98. The lowest BCUT2D eigenvalue weighted by atomic mass is 9.97. The third kappa shape index (κ3) is 5.19. The van der Waals surface area contributed by atoms with Gasteiger partial charge in [-0.05, 0) is 52.5 Å². The van der Waals surface area contributed by atoms with Gasteiger partial charge in [0, 0.05) is 23.9 Å². The summed E-state index contributed by atoms with van der Waals surface area (Å²) in [4.78, 5) is 2.59. The molecule has 1 fully saturated rings. The molecule has 1 heterocycles. The smallest absolute Gasteiger partial charge is 0.0183 e. The number of nitrogens with zero attached hydrogens (tertiary/aromatic N) is 1. The molecule has 1 N–H and O–H groups in total. The van der Waals surface area contributed by atoms with Crippen molar-refractivity contribution in [2.24, 2.45) is 0 Å². The van der Waals surface area contributed by atoms with E-state index < -0.39 is 0 Å². The first-order valence-electron chi connectivity index (χ1n) is 7.13. The van der Waals surface area contributed by atoms with Crippen molar-refractivity contribution in [3.63, 3.8) is 0 Å². The molecule has 0 aromatic carbocycles. The van der Waals surface area contributed by atoms with E-state index in [1.54, 1.807) is 0 Å². The molecule has 0 bridgehead atoms. The Morgan fingerprint density at radius 2 is 2.18 bits per heavy atom. The van der Waals surface area contributed by atoms with Crippen molar-refractivity contribution in [1.29, 1.82) is 0 Å². The van der Waals surface area contributed by atoms with Crippen molar-refractivity contribution in [2.45, 2.75) is 64.1 Å². The van der Waals surface area contributed by atoms with Crippen molar-refractivity contribution in [1.82, 2.24) is 10.2 Å². The Labute approximate surface area is 112 Å². The zero-order valence-electron chi connectivity index (χ0n) is 12.0. The van der Waals surface area contributed by atoms with Crippen molar-refractivity contribution < 1.29 is 0 Å². The van der Waals surface area contributed by atoms with E-state index in [1.807, 2.05) is 11.8 Å². The lowest BCUT2D eigenvalue weighted by Crippen LogP contribution is -2.44. The van der Waals surface area contributed by atoms with Gasteiger partial charge in [0.05, 0.1) is 0 Å². The van der Waals surface area contributed by atoms with Crippen LogP contribution in [0.1, 0.15) is 46.0 Å². The topological polar surface area (TPSA) is 15.3 Å². The molecule has 0 spiro atoms. The maximum Gasteiger partial charge on any atom is 0.0183 e. The lowest BCUT2D eigenvalue weighted by Gasteiger charge is -2.35. The SMILES string of the molecule is CCC(CSC)N(C)C(C)CC1CCCCN1. The van der Waals surface area contributed by atoms with E-state index >= 15 is 0 Å². The predicted molar refractivity (Wildman–Crippen MR) is 79.9 cm³/mol. The van der Waals surface area contributed by atoms with Gasteiger partial charge in [-0.15, -0.1) is 0 Å². The molecule has 3 unspecified atom stereocenters. The van der Waals surface area contributed by atoms with E-state index in [0.29, 0.717) is 6.04 Å². The summed E-state index contributed by atoms with van der Waals surface area (Å²) in [5, 5.41) is 3.66. The van der Waals surface area contributed by atoms with Gasteiger partial charge in [-0.25, -0.2) is 0 Å². The van der Waals surface area contributed by atoms with Crippen LogP contribution in [0.25, 0.3) is 0 Å². The van der Waals surface area contributed by atoms with E-state index in [9.17, 15) is 0 Å². The largest absolute Gasteiger partial charge is 0.314 e. The summed E-state index contributed by atoms with van der Waals surface area (Å²) in [5.74, 6) is 1.26. The molecule has 0 saturated carbocycles. The highest BCUT2D eigenvalue weighted by Gasteiger charge is 2.22. The second kappa shape index (κ2) is 8.39. The summed E-state index contributed by atoms with van der Waals surface area (Å²) in [6.45, 7) is 5.92. The number of nitrogens with one attached hydrogen (secondary N) is 1. The summed E-state index contributed by atoms with van der Waals surface area (Å²) < 4.78 is 0. The molecule has 2 nitrogen and oxygen atoms in total. The lowest BCUT2D eigenvalue weighted by molar-refractivity contribution is 0.168. The fraction of sp³-hybridized carbons (Fsp3) is 1.00. The van der Waals surface area contributed by atoms with Crippen LogP contribution < -0.4 is 5.32 Å². The van der Waals surface area contributed by atoms with Gasteiger partial charge < -0.3 is 5.32 Å². The molecule has 17 heavy (non-hydrogen) atoms. The van der Waals surface area contributed by atoms with Gasteiger partial charge in [0.2, 0.25) is 0 Å². The van der Waals surface area contributed by atoms with Crippen LogP contribution in [0.15, 0.2) is 0 Å². The number of piperidine rings is 1. The molecule has 0 aromatic heterocycles. The maximum atomic E-state index is 3.66. The van der Waals surface area contributed by atoms with E-state index in [-0.39, 0.29) is 0 Å². The first-order valence-corrected chi connectivity index (χ1v) is 8.52. The van der Waals surface area contributed by atoms with Crippen LogP contribution in [0.4, 0.5) is 0 Å². The number of hydrogen-bond acceptors (Lipinski definition) is 3. The molecule has 1 aliphatic rings. The summed E-state index contributed by atoms with van der Waals surface area (Å²) in [6, 6.07) is 2.19. The maximum absolute atomic E-state index is 3.66. The quantitative estimate of drug-likeness (QED) is 0.756. The zero-order chi connectivity index (χ0) is 12.7. The molecule has 102 valence electrons. The molecular weight excluding hydrogens is 228 g/mol. The fourth-order valence-electron chi connectivity index (χ4n) is 2.78. The summed E-state index contributed by atoms with van der Waals surface area (Å²) >= 11 is 1.97. The number of hydrogen-bond donors (Lipinski definition) is 1. The average molecular weight is 258 g/mol. The van der Waals surface area contributed by atoms with Crippen molar-refractivity contribution in [3.8, 4) is 0 Å². The van der Waals surface area contributed by atoms with E-state index in [1.165, 1.54) is 44.4 Å². The highest BCUT2D eigenvalue weighted by molar-refractivity contribution is 7.98. The molecular formula is C14H30N2S. The monoisotopic (exact) mass is 258 g/mol. The number of thioether (sulfide) groups is 1. The molecule has 3 atom stereocenters. The van der Waals surface area contributed by atoms with Crippen LogP contribution in [0.2, 0.25) is 0 Å². The third-order valence-corrected chi connectivity index (χ3v) is 4.86. The summed E-state index contributed by atoms with van der Waals surface area (Å²) in [6.07, 6.45) is 8.93. The van der Waals surface area contributed by atoms with Crippen LogP contribution in [0.5, 0.6) is 0 Å². The second-order valence-electron chi connectivity index (χ2n) is 5.41. The van der Waals surface area contributed by atoms with Gasteiger partial charge in [0.1, 0.15) is 0 Å². The van der Waals surface area contributed by atoms with Crippen LogP contribution in [-0.2, 0) is 0 Å². The van der Waals surface area contributed by atoms with Crippen molar-refractivity contribution >= 4 is 11.8 Å². The molecule has 0 aliphatic carbocycles. The Bertz CT molecular complexity index is 193. The third-order valence-electron chi connectivity index (χ3n) is 4.14. The van der Waals surface area contributed by atoms with Gasteiger partial charge >= 0.3 is 0 Å². The Kier molecular flexibility index (Phi) is 7.56. The van der Waals surface area contributed by atoms with Gasteiger partial charge in [0.25, 0.3) is 0 Å². The standard InChI is InChI=1S/C14H30N2S/c1-5-14(11-17-4)16(3)12(2)10-13-8-6-7-9-15-13/h12-15H,5-11H2,1-4H3. The molecule has 3 heteroatoms. The van der Waals surface area contributed by atoms with Crippen LogP contribution in [0.3, 0.4) is 0 Å². The molecule has 1 saturated heterocycles. The average Bonchev–Trinajstić information content (AvgIpc) is 2.36. The molecule has 0 amide bonds. The van der Waals surface area contributed by atoms with Gasteiger partial charge in [0.15, 0.2) is 0 Å². The minimum absolute atomic E-state index is 0.697. The van der Waals surface area contributed by atoms with Gasteiger partial charge in [-0.2, -0.15) is 11.8 Å². The van der Waals surface area contributed by atoms with E-state index in [0.717, 1.165) is 12.1 Å². The highest BCUT2D eigenvalue weighted by atomic mass is 32.2. The molecule has 1 rings (SSSR count). The number of rotatable bonds is 7. The van der Waals surface area contributed by atoms with Crippen LogP contribution in [-0.4, -0.2) is 48.6 Å². The zero-order valence-corrected chi connectivity index (χ0v) is 12.9. The highest BCUT2D eigenvalue weighted by Crippen LogP contribution is 2.18. The van der Waals surface area contributed by atoms with Crippen molar-refractivity contribution in [3.05, 3.63) is 0 Å². The minimum atomic E-state index is 0.697. The van der Waals surface area contributed by atoms with Crippen LogP contribution >= 0.6 is 11.8 Å². The normalized spacial score (nSPS) is 24.9. The second-order valence-corrected chi connectivity index (χ2v) is 6.33. The van der Waals surface area contributed by atoms with Gasteiger partial charge in [-0.1, -0.05) is 13.3 Å². The van der Waals surface area contributed by atoms with Crippen molar-refractivity contribution in [2.75, 3.05) is 25.6 Å². The summed E-state index contributed by atoms with van der Waals surface area (Å²) in [5.41, 5.74) is 0. The molecule has 1 aliphatic heterocycles. The van der Waals surface area contributed by atoms with E-state index in [4.69, 9.17) is 0 Å². The van der Waals surface area contributed by atoms with E-state index in [2.05, 4.69) is 37.4 Å². The Balaban J connectivity index is 2.35. The fourth-order valence-corrected chi connectivity index (χ4v) is 3.63. The Hall–Kier alpha value is 0.270. The minimum Gasteiger partial charge on any atom is -0.314 e. The first-order chi connectivity index (χ1) is 8.19. The molecule has 0 radical (unpaired) electrons. The summed E-state index contributed by atoms with van der Waals surface area (Å²) in [7, 11) is 2.30. The Morgan fingerprint density at radius 1 is 1.41 bits per heavy atom.